The number of amides is 1. The number of hydrogen-bond acceptors (Lipinski definition) is 5. The third-order valence-electron chi connectivity index (χ3n) is 9.78. The van der Waals surface area contributed by atoms with E-state index in [0.717, 1.165) is 88.2 Å². The molecule has 2 aliphatic carbocycles. The first-order valence-corrected chi connectivity index (χ1v) is 16.7. The Labute approximate surface area is 259 Å². The summed E-state index contributed by atoms with van der Waals surface area (Å²) in [5.41, 5.74) is 0.536. The van der Waals surface area contributed by atoms with Gasteiger partial charge in [0.15, 0.2) is 0 Å². The van der Waals surface area contributed by atoms with E-state index >= 15 is 0 Å². The molecule has 4 atom stereocenters. The van der Waals surface area contributed by atoms with Gasteiger partial charge in [0.1, 0.15) is 11.6 Å². The van der Waals surface area contributed by atoms with Crippen LogP contribution in [0, 0.1) is 27.6 Å². The first-order chi connectivity index (χ1) is 20.4. The summed E-state index contributed by atoms with van der Waals surface area (Å²) in [7, 11) is 0. The SMILES string of the molecule is CC.CC(C)(CCCCC1CCCC(c2ccccc2C2CCCC(CCCCC(C)(C)C(=O)N=O)C2=O)C1=O)C(=O)O. The predicted octanol–water partition coefficient (Wildman–Crippen LogP) is 9.17. The number of nitrogens with zero attached hydrogens (tertiary/aromatic N) is 1. The van der Waals surface area contributed by atoms with Crippen LogP contribution in [0.5, 0.6) is 0 Å². The van der Waals surface area contributed by atoms with Crippen LogP contribution in [-0.2, 0) is 19.2 Å². The lowest BCUT2D eigenvalue weighted by atomic mass is 9.69. The highest BCUT2D eigenvalue weighted by Crippen LogP contribution is 2.43. The molecule has 240 valence electrons. The minimum Gasteiger partial charge on any atom is -0.481 e. The standard InChI is InChI=1S/C34H49NO6.C2H6/c1-33(2,31(38)35-41)21-9-7-13-23-15-11-19-27(29(23)36)25-17-5-6-18-26(25)28-20-12-16-24(30(28)37)14-8-10-22-34(3,4)32(39)40;1-2/h5-6,17-18,23-24,27-28H,7-16,19-22H2,1-4H3,(H,39,40);1-2H3. The number of aliphatic carboxylic acids is 1. The van der Waals surface area contributed by atoms with Gasteiger partial charge in [0.25, 0.3) is 5.91 Å². The number of rotatable bonds is 14. The number of carbonyl (C=O) groups is 4. The van der Waals surface area contributed by atoms with Crippen LogP contribution < -0.4 is 0 Å². The van der Waals surface area contributed by atoms with Crippen molar-refractivity contribution in [3.8, 4) is 0 Å². The summed E-state index contributed by atoms with van der Waals surface area (Å²) in [6.45, 7) is 11.0. The summed E-state index contributed by atoms with van der Waals surface area (Å²) in [5, 5.41) is 12.0. The largest absolute Gasteiger partial charge is 0.481 e. The van der Waals surface area contributed by atoms with Crippen molar-refractivity contribution in [1.29, 1.82) is 0 Å². The summed E-state index contributed by atoms with van der Waals surface area (Å²) in [5.74, 6) is -1.24. The molecule has 0 aliphatic heterocycles. The molecule has 0 bridgehead atoms. The van der Waals surface area contributed by atoms with Gasteiger partial charge in [-0.3, -0.25) is 19.2 Å². The molecule has 7 heteroatoms. The number of Topliss-reactive ketones (excluding diaryl/α,β-unsaturated/α-hetero) is 2. The zero-order valence-electron chi connectivity index (χ0n) is 27.5. The van der Waals surface area contributed by atoms with Crippen LogP contribution in [0.1, 0.15) is 154 Å². The van der Waals surface area contributed by atoms with Crippen LogP contribution in [0.4, 0.5) is 0 Å². The molecule has 1 amide bonds. The van der Waals surface area contributed by atoms with Gasteiger partial charge < -0.3 is 5.11 Å². The molecule has 43 heavy (non-hydrogen) atoms. The maximum atomic E-state index is 13.7. The minimum atomic E-state index is -0.782. The normalized spacial score (nSPS) is 22.8. The van der Waals surface area contributed by atoms with E-state index in [4.69, 9.17) is 0 Å². The molecule has 2 fully saturated rings. The minimum absolute atomic E-state index is 0.00454. The van der Waals surface area contributed by atoms with E-state index in [2.05, 4.69) is 5.18 Å². The van der Waals surface area contributed by atoms with E-state index < -0.39 is 22.7 Å². The van der Waals surface area contributed by atoms with E-state index in [0.29, 0.717) is 12.8 Å². The van der Waals surface area contributed by atoms with E-state index in [1.165, 1.54) is 0 Å². The van der Waals surface area contributed by atoms with Gasteiger partial charge in [-0.05, 0) is 76.3 Å². The second kappa shape index (κ2) is 17.0. The van der Waals surface area contributed by atoms with Crippen molar-refractivity contribution in [2.75, 3.05) is 0 Å². The maximum Gasteiger partial charge on any atom is 0.309 e. The average molecular weight is 598 g/mol. The first-order valence-electron chi connectivity index (χ1n) is 16.7. The van der Waals surface area contributed by atoms with Crippen molar-refractivity contribution in [3.05, 3.63) is 40.3 Å². The van der Waals surface area contributed by atoms with E-state index in [-0.39, 0.29) is 35.2 Å². The van der Waals surface area contributed by atoms with E-state index in [1.54, 1.807) is 27.7 Å². The molecular formula is C36H55NO6. The van der Waals surface area contributed by atoms with Crippen molar-refractivity contribution < 1.29 is 24.3 Å². The molecule has 0 aromatic heterocycles. The number of unbranched alkanes of at least 4 members (excludes halogenated alkanes) is 2. The molecule has 2 saturated carbocycles. The van der Waals surface area contributed by atoms with Gasteiger partial charge in [-0.15, -0.1) is 4.91 Å². The Hall–Kier alpha value is -2.70. The fourth-order valence-corrected chi connectivity index (χ4v) is 6.86. The Morgan fingerprint density at radius 2 is 1.16 bits per heavy atom. The highest BCUT2D eigenvalue weighted by molar-refractivity contribution is 5.92. The molecule has 0 saturated heterocycles. The summed E-state index contributed by atoms with van der Waals surface area (Å²) in [4.78, 5) is 61.2. The second-order valence-electron chi connectivity index (χ2n) is 13.8. The molecule has 0 spiro atoms. The number of benzene rings is 1. The highest BCUT2D eigenvalue weighted by atomic mass is 16.4. The Balaban J connectivity index is 0.00000316. The third kappa shape index (κ3) is 9.90. The Morgan fingerprint density at radius 3 is 1.56 bits per heavy atom. The van der Waals surface area contributed by atoms with Crippen LogP contribution in [-0.4, -0.2) is 28.5 Å². The lowest BCUT2D eigenvalue weighted by molar-refractivity contribution is -0.147. The van der Waals surface area contributed by atoms with Gasteiger partial charge in [-0.1, -0.05) is 90.5 Å². The molecular weight excluding hydrogens is 542 g/mol. The van der Waals surface area contributed by atoms with Crippen molar-refractivity contribution in [2.45, 2.75) is 143 Å². The summed E-state index contributed by atoms with van der Waals surface area (Å²) < 4.78 is 0. The van der Waals surface area contributed by atoms with Crippen molar-refractivity contribution in [2.24, 2.45) is 27.8 Å². The maximum absolute atomic E-state index is 13.7. The van der Waals surface area contributed by atoms with Crippen LogP contribution >= 0.6 is 0 Å². The van der Waals surface area contributed by atoms with Gasteiger partial charge >= 0.3 is 5.97 Å². The van der Waals surface area contributed by atoms with Gasteiger partial charge in [-0.2, -0.15) is 0 Å². The quantitative estimate of drug-likeness (QED) is 0.169. The lowest BCUT2D eigenvalue weighted by Crippen LogP contribution is -2.31. The average Bonchev–Trinajstić information content (AvgIpc) is 2.99. The highest BCUT2D eigenvalue weighted by Gasteiger charge is 2.38. The molecule has 4 unspecified atom stereocenters. The lowest BCUT2D eigenvalue weighted by Gasteiger charge is -2.33. The summed E-state index contributed by atoms with van der Waals surface area (Å²) in [6, 6.07) is 8.05. The van der Waals surface area contributed by atoms with Crippen molar-refractivity contribution in [1.82, 2.24) is 0 Å². The molecule has 0 heterocycles. The topological polar surface area (TPSA) is 118 Å². The number of carboxylic acids is 1. The van der Waals surface area contributed by atoms with Crippen LogP contribution in [0.2, 0.25) is 0 Å². The number of carboxylic acid groups (broad SMARTS) is 1. The monoisotopic (exact) mass is 597 g/mol. The van der Waals surface area contributed by atoms with Gasteiger partial charge in [-0.25, -0.2) is 0 Å². The number of nitroso groups, excluding NO2 is 1. The zero-order valence-corrected chi connectivity index (χ0v) is 27.5. The Kier molecular flexibility index (Phi) is 14.4. The fourth-order valence-electron chi connectivity index (χ4n) is 6.86. The molecule has 0 radical (unpaired) electrons. The Bertz CT molecular complexity index is 1110. The van der Waals surface area contributed by atoms with Crippen LogP contribution in [0.3, 0.4) is 0 Å². The second-order valence-corrected chi connectivity index (χ2v) is 13.8. The molecule has 7 nitrogen and oxygen atoms in total. The molecule has 1 aromatic rings. The summed E-state index contributed by atoms with van der Waals surface area (Å²) >= 11 is 0. The molecule has 1 N–H and O–H groups in total. The van der Waals surface area contributed by atoms with Crippen LogP contribution in [0.15, 0.2) is 29.4 Å². The fraction of sp³-hybridized carbons (Fsp3) is 0.722. The van der Waals surface area contributed by atoms with Crippen molar-refractivity contribution in [3.63, 3.8) is 0 Å². The zero-order chi connectivity index (χ0) is 32.2. The van der Waals surface area contributed by atoms with Crippen LogP contribution in [0.25, 0.3) is 0 Å². The number of carbonyl (C=O) groups excluding carboxylic acids is 3. The molecule has 1 aromatic carbocycles. The summed E-state index contributed by atoms with van der Waals surface area (Å²) in [6.07, 6.45) is 11.3. The van der Waals surface area contributed by atoms with Gasteiger partial charge in [0.2, 0.25) is 0 Å². The molecule has 3 rings (SSSR count). The first kappa shape index (κ1) is 36.5. The number of hydrogen-bond donors (Lipinski definition) is 1. The predicted molar refractivity (Wildman–Crippen MR) is 171 cm³/mol. The van der Waals surface area contributed by atoms with E-state index in [1.807, 2.05) is 38.1 Å². The Morgan fingerprint density at radius 1 is 0.744 bits per heavy atom. The third-order valence-corrected chi connectivity index (χ3v) is 9.78. The van der Waals surface area contributed by atoms with Gasteiger partial charge in [0, 0.05) is 34.3 Å². The number of ketones is 2. The van der Waals surface area contributed by atoms with E-state index in [9.17, 15) is 29.2 Å². The molecule has 2 aliphatic rings. The van der Waals surface area contributed by atoms with Crippen molar-refractivity contribution >= 4 is 23.4 Å². The van der Waals surface area contributed by atoms with Gasteiger partial charge in [0.05, 0.1) is 5.41 Å². The smallest absolute Gasteiger partial charge is 0.309 e.